The minimum Gasteiger partial charge on any atom is -0.278 e. The van der Waals surface area contributed by atoms with Gasteiger partial charge in [-0.3, -0.25) is 5.10 Å². The molecule has 0 saturated heterocycles. The van der Waals surface area contributed by atoms with Gasteiger partial charge in [0.2, 0.25) is 0 Å². The second-order valence-electron chi connectivity index (χ2n) is 5.29. The maximum absolute atomic E-state index is 4.19. The van der Waals surface area contributed by atoms with Crippen LogP contribution in [-0.4, -0.2) is 10.2 Å². The van der Waals surface area contributed by atoms with Crippen LogP contribution in [-0.2, 0) is 0 Å². The maximum atomic E-state index is 4.19. The SMILES string of the molecule is CCCCC(c1ccccc1)c1cccc2cn[nH]c12. The largest absolute Gasteiger partial charge is 0.278 e. The monoisotopic (exact) mass is 264 g/mol. The zero-order valence-corrected chi connectivity index (χ0v) is 11.8. The van der Waals surface area contributed by atoms with E-state index in [0.29, 0.717) is 5.92 Å². The van der Waals surface area contributed by atoms with E-state index in [1.54, 1.807) is 0 Å². The number of aromatic amines is 1. The average molecular weight is 264 g/mol. The Morgan fingerprint density at radius 1 is 1.05 bits per heavy atom. The Labute approximate surface area is 119 Å². The van der Waals surface area contributed by atoms with Crippen LogP contribution in [0.15, 0.2) is 54.7 Å². The van der Waals surface area contributed by atoms with Crippen molar-refractivity contribution in [2.75, 3.05) is 0 Å². The molecule has 3 aromatic rings. The standard InChI is InChI=1S/C18H20N2/c1-2-3-11-16(14-8-5-4-6-9-14)17-12-7-10-15-13-19-20-18(15)17/h4-10,12-13,16H,2-3,11H2,1H3,(H,19,20). The summed E-state index contributed by atoms with van der Waals surface area (Å²) in [5, 5.41) is 8.55. The Bertz CT molecular complexity index is 670. The van der Waals surface area contributed by atoms with Crippen LogP contribution in [0.2, 0.25) is 0 Å². The number of rotatable bonds is 5. The van der Waals surface area contributed by atoms with Crippen LogP contribution in [0.25, 0.3) is 10.9 Å². The van der Waals surface area contributed by atoms with E-state index in [2.05, 4.69) is 65.7 Å². The number of nitrogens with zero attached hydrogens (tertiary/aromatic N) is 1. The van der Waals surface area contributed by atoms with Crippen LogP contribution in [0, 0.1) is 0 Å². The van der Waals surface area contributed by atoms with E-state index >= 15 is 0 Å². The van der Waals surface area contributed by atoms with E-state index in [1.807, 2.05) is 6.20 Å². The van der Waals surface area contributed by atoms with Crippen molar-refractivity contribution in [3.8, 4) is 0 Å². The lowest BCUT2D eigenvalue weighted by atomic mass is 9.86. The van der Waals surface area contributed by atoms with Crippen molar-refractivity contribution < 1.29 is 0 Å². The van der Waals surface area contributed by atoms with E-state index in [1.165, 1.54) is 41.3 Å². The van der Waals surface area contributed by atoms with Gasteiger partial charge in [0.1, 0.15) is 0 Å². The molecule has 3 rings (SSSR count). The summed E-state index contributed by atoms with van der Waals surface area (Å²) in [4.78, 5) is 0. The molecule has 1 heterocycles. The Morgan fingerprint density at radius 2 is 1.90 bits per heavy atom. The summed E-state index contributed by atoms with van der Waals surface area (Å²) in [6, 6.07) is 17.3. The Balaban J connectivity index is 2.07. The topological polar surface area (TPSA) is 28.7 Å². The van der Waals surface area contributed by atoms with Gasteiger partial charge in [0.05, 0.1) is 11.7 Å². The van der Waals surface area contributed by atoms with Crippen molar-refractivity contribution in [2.24, 2.45) is 0 Å². The van der Waals surface area contributed by atoms with Crippen molar-refractivity contribution >= 4 is 10.9 Å². The van der Waals surface area contributed by atoms with Gasteiger partial charge in [-0.15, -0.1) is 0 Å². The van der Waals surface area contributed by atoms with Crippen molar-refractivity contribution in [1.82, 2.24) is 10.2 Å². The highest BCUT2D eigenvalue weighted by Crippen LogP contribution is 2.33. The van der Waals surface area contributed by atoms with Crippen LogP contribution >= 0.6 is 0 Å². The first-order chi connectivity index (χ1) is 9.90. The molecule has 0 aliphatic heterocycles. The van der Waals surface area contributed by atoms with Crippen LogP contribution < -0.4 is 0 Å². The molecule has 1 N–H and O–H groups in total. The predicted molar refractivity (Wildman–Crippen MR) is 83.9 cm³/mol. The number of hydrogen-bond donors (Lipinski definition) is 1. The summed E-state index contributed by atoms with van der Waals surface area (Å²) in [5.41, 5.74) is 3.93. The molecule has 2 aromatic carbocycles. The van der Waals surface area contributed by atoms with E-state index in [9.17, 15) is 0 Å². The van der Waals surface area contributed by atoms with Crippen LogP contribution in [0.4, 0.5) is 0 Å². The number of aromatic nitrogens is 2. The zero-order valence-electron chi connectivity index (χ0n) is 11.8. The van der Waals surface area contributed by atoms with Gasteiger partial charge in [0.25, 0.3) is 0 Å². The molecule has 2 heteroatoms. The molecular weight excluding hydrogens is 244 g/mol. The maximum Gasteiger partial charge on any atom is 0.0688 e. The number of H-pyrrole nitrogens is 1. The predicted octanol–water partition coefficient (Wildman–Crippen LogP) is 4.89. The number of unbranched alkanes of at least 4 members (excludes halogenated alkanes) is 1. The van der Waals surface area contributed by atoms with Crippen LogP contribution in [0.3, 0.4) is 0 Å². The molecule has 0 bridgehead atoms. The number of fused-ring (bicyclic) bond motifs is 1. The Morgan fingerprint density at radius 3 is 2.70 bits per heavy atom. The first-order valence-corrected chi connectivity index (χ1v) is 7.37. The number of para-hydroxylation sites is 1. The van der Waals surface area contributed by atoms with Gasteiger partial charge in [-0.1, -0.05) is 68.3 Å². The fourth-order valence-corrected chi connectivity index (χ4v) is 2.88. The second-order valence-corrected chi connectivity index (χ2v) is 5.29. The smallest absolute Gasteiger partial charge is 0.0688 e. The molecule has 0 amide bonds. The lowest BCUT2D eigenvalue weighted by Gasteiger charge is -2.18. The summed E-state index contributed by atoms with van der Waals surface area (Å²) < 4.78 is 0. The molecular formula is C18H20N2. The summed E-state index contributed by atoms with van der Waals surface area (Å²) in [6.07, 6.45) is 5.55. The first-order valence-electron chi connectivity index (χ1n) is 7.37. The summed E-state index contributed by atoms with van der Waals surface area (Å²) >= 11 is 0. The minimum atomic E-state index is 0.445. The molecule has 0 aliphatic carbocycles. The summed E-state index contributed by atoms with van der Waals surface area (Å²) in [5.74, 6) is 0.445. The molecule has 0 spiro atoms. The number of benzene rings is 2. The Hall–Kier alpha value is -2.09. The Kier molecular flexibility index (Phi) is 3.82. The molecule has 0 radical (unpaired) electrons. The number of nitrogens with one attached hydrogen (secondary N) is 1. The fraction of sp³-hybridized carbons (Fsp3) is 0.278. The highest BCUT2D eigenvalue weighted by molar-refractivity contribution is 5.82. The average Bonchev–Trinajstić information content (AvgIpc) is 2.98. The quantitative estimate of drug-likeness (QED) is 0.698. The van der Waals surface area contributed by atoms with Gasteiger partial charge in [-0.25, -0.2) is 0 Å². The van der Waals surface area contributed by atoms with E-state index in [-0.39, 0.29) is 0 Å². The van der Waals surface area contributed by atoms with Crippen molar-refractivity contribution in [1.29, 1.82) is 0 Å². The third kappa shape index (κ3) is 2.46. The lowest BCUT2D eigenvalue weighted by Crippen LogP contribution is -2.02. The second kappa shape index (κ2) is 5.91. The molecule has 0 fully saturated rings. The molecule has 20 heavy (non-hydrogen) atoms. The van der Waals surface area contributed by atoms with Gasteiger partial charge < -0.3 is 0 Å². The molecule has 1 unspecified atom stereocenters. The highest BCUT2D eigenvalue weighted by atomic mass is 15.1. The van der Waals surface area contributed by atoms with Crippen LogP contribution in [0.5, 0.6) is 0 Å². The third-order valence-corrected chi connectivity index (χ3v) is 3.93. The van der Waals surface area contributed by atoms with Crippen molar-refractivity contribution in [3.05, 3.63) is 65.9 Å². The van der Waals surface area contributed by atoms with Crippen molar-refractivity contribution in [2.45, 2.75) is 32.1 Å². The molecule has 1 aromatic heterocycles. The highest BCUT2D eigenvalue weighted by Gasteiger charge is 2.16. The normalized spacial score (nSPS) is 12.7. The summed E-state index contributed by atoms with van der Waals surface area (Å²) in [6.45, 7) is 2.25. The van der Waals surface area contributed by atoms with E-state index in [4.69, 9.17) is 0 Å². The fourth-order valence-electron chi connectivity index (χ4n) is 2.88. The van der Waals surface area contributed by atoms with Gasteiger partial charge in [0, 0.05) is 11.3 Å². The summed E-state index contributed by atoms with van der Waals surface area (Å²) in [7, 11) is 0. The third-order valence-electron chi connectivity index (χ3n) is 3.93. The zero-order chi connectivity index (χ0) is 13.8. The van der Waals surface area contributed by atoms with Crippen LogP contribution in [0.1, 0.15) is 43.2 Å². The van der Waals surface area contributed by atoms with Gasteiger partial charge in [-0.05, 0) is 17.5 Å². The first kappa shape index (κ1) is 12.9. The lowest BCUT2D eigenvalue weighted by molar-refractivity contribution is 0.652. The molecule has 2 nitrogen and oxygen atoms in total. The molecule has 102 valence electrons. The molecule has 0 saturated carbocycles. The van der Waals surface area contributed by atoms with E-state index < -0.39 is 0 Å². The number of hydrogen-bond acceptors (Lipinski definition) is 1. The van der Waals surface area contributed by atoms with Gasteiger partial charge in [-0.2, -0.15) is 5.10 Å². The minimum absolute atomic E-state index is 0.445. The van der Waals surface area contributed by atoms with Gasteiger partial charge in [0.15, 0.2) is 0 Å². The van der Waals surface area contributed by atoms with E-state index in [0.717, 1.165) is 0 Å². The van der Waals surface area contributed by atoms with Gasteiger partial charge >= 0.3 is 0 Å². The molecule has 0 aliphatic rings. The van der Waals surface area contributed by atoms with Crippen molar-refractivity contribution in [3.63, 3.8) is 0 Å². The molecule has 1 atom stereocenters.